The summed E-state index contributed by atoms with van der Waals surface area (Å²) >= 11 is 0. The van der Waals surface area contributed by atoms with Crippen molar-refractivity contribution in [3.8, 4) is 17.1 Å². The fourth-order valence-corrected chi connectivity index (χ4v) is 5.24. The number of benzene rings is 2. The van der Waals surface area contributed by atoms with E-state index < -0.39 is 11.9 Å². The van der Waals surface area contributed by atoms with E-state index in [4.69, 9.17) is 10.5 Å². The molecule has 0 unspecified atom stereocenters. The van der Waals surface area contributed by atoms with Gasteiger partial charge in [0, 0.05) is 11.4 Å². The van der Waals surface area contributed by atoms with E-state index in [9.17, 15) is 14.7 Å². The highest BCUT2D eigenvalue weighted by atomic mass is 16.5. The summed E-state index contributed by atoms with van der Waals surface area (Å²) in [6.45, 7) is 0.405. The normalized spacial score (nSPS) is 17.6. The number of nitrogens with two attached hydrogens (primary N) is 1. The SMILES string of the molecule is Nc1ncnc2c1nc(-c1cc3cccc(OCc4ccccc4)c3[nH]1)c(=O)n2C1CCC(C(=O)O)CC1. The summed E-state index contributed by atoms with van der Waals surface area (Å²) in [6.07, 6.45) is 3.38. The summed E-state index contributed by atoms with van der Waals surface area (Å²) < 4.78 is 7.72. The molecule has 38 heavy (non-hydrogen) atoms. The molecule has 3 heterocycles. The third-order valence-corrected chi connectivity index (χ3v) is 7.23. The first-order valence-corrected chi connectivity index (χ1v) is 12.5. The number of anilines is 1. The number of carbonyl (C=O) groups is 1. The molecule has 4 N–H and O–H groups in total. The van der Waals surface area contributed by atoms with E-state index >= 15 is 0 Å². The number of nitrogens with zero attached hydrogens (tertiary/aromatic N) is 4. The Morgan fingerprint density at radius 1 is 1.08 bits per heavy atom. The first kappa shape index (κ1) is 23.7. The van der Waals surface area contributed by atoms with Gasteiger partial charge in [-0.2, -0.15) is 0 Å². The van der Waals surface area contributed by atoms with Crippen molar-refractivity contribution < 1.29 is 14.6 Å². The van der Waals surface area contributed by atoms with Gasteiger partial charge in [-0.1, -0.05) is 42.5 Å². The molecule has 3 aromatic heterocycles. The van der Waals surface area contributed by atoms with E-state index in [0.29, 0.717) is 54.9 Å². The van der Waals surface area contributed by atoms with Crippen LogP contribution in [0.2, 0.25) is 0 Å². The topological polar surface area (TPSA) is 149 Å². The molecule has 5 aromatic rings. The van der Waals surface area contributed by atoms with Crippen LogP contribution in [0.3, 0.4) is 0 Å². The number of aromatic nitrogens is 5. The highest BCUT2D eigenvalue weighted by Gasteiger charge is 2.30. The Bertz CT molecular complexity index is 1700. The molecule has 0 atom stereocenters. The number of aliphatic carboxylic acids is 1. The van der Waals surface area contributed by atoms with Crippen LogP contribution in [-0.4, -0.2) is 35.6 Å². The zero-order chi connectivity index (χ0) is 26.2. The van der Waals surface area contributed by atoms with Crippen molar-refractivity contribution in [3.63, 3.8) is 0 Å². The second kappa shape index (κ2) is 9.62. The molecular weight excluding hydrogens is 484 g/mol. The van der Waals surface area contributed by atoms with E-state index in [1.165, 1.54) is 6.33 Å². The number of fused-ring (bicyclic) bond motifs is 2. The Morgan fingerprint density at radius 2 is 1.87 bits per heavy atom. The Hall–Kier alpha value is -4.73. The van der Waals surface area contributed by atoms with Gasteiger partial charge in [0.2, 0.25) is 0 Å². The van der Waals surface area contributed by atoms with Crippen LogP contribution < -0.4 is 16.0 Å². The van der Waals surface area contributed by atoms with Crippen LogP contribution >= 0.6 is 0 Å². The van der Waals surface area contributed by atoms with Gasteiger partial charge in [0.1, 0.15) is 24.2 Å². The minimum Gasteiger partial charge on any atom is -0.487 e. The highest BCUT2D eigenvalue weighted by molar-refractivity contribution is 5.91. The molecule has 2 aromatic carbocycles. The lowest BCUT2D eigenvalue weighted by Crippen LogP contribution is -2.32. The predicted molar refractivity (Wildman–Crippen MR) is 143 cm³/mol. The molecule has 0 saturated heterocycles. The quantitative estimate of drug-likeness (QED) is 0.306. The molecule has 0 spiro atoms. The largest absolute Gasteiger partial charge is 0.487 e. The Morgan fingerprint density at radius 3 is 2.63 bits per heavy atom. The zero-order valence-corrected chi connectivity index (χ0v) is 20.5. The molecule has 10 heteroatoms. The summed E-state index contributed by atoms with van der Waals surface area (Å²) in [5.41, 5.74) is 9.07. The third-order valence-electron chi connectivity index (χ3n) is 7.23. The van der Waals surface area contributed by atoms with Gasteiger partial charge >= 0.3 is 5.97 Å². The second-order valence-corrected chi connectivity index (χ2v) is 9.59. The maximum absolute atomic E-state index is 13.9. The van der Waals surface area contributed by atoms with E-state index in [2.05, 4.69) is 19.9 Å². The number of carboxylic acid groups (broad SMARTS) is 1. The van der Waals surface area contributed by atoms with Crippen molar-refractivity contribution in [3.05, 3.63) is 76.8 Å². The molecule has 0 bridgehead atoms. The summed E-state index contributed by atoms with van der Waals surface area (Å²) in [5, 5.41) is 10.3. The zero-order valence-electron chi connectivity index (χ0n) is 20.5. The minimum absolute atomic E-state index is 0.173. The van der Waals surface area contributed by atoms with Crippen LogP contribution in [-0.2, 0) is 11.4 Å². The number of rotatable bonds is 6. The lowest BCUT2D eigenvalue weighted by molar-refractivity contribution is -0.143. The van der Waals surface area contributed by atoms with E-state index in [-0.39, 0.29) is 23.1 Å². The molecule has 10 nitrogen and oxygen atoms in total. The van der Waals surface area contributed by atoms with Gasteiger partial charge in [-0.3, -0.25) is 14.2 Å². The highest BCUT2D eigenvalue weighted by Crippen LogP contribution is 2.34. The fourth-order valence-electron chi connectivity index (χ4n) is 5.24. The van der Waals surface area contributed by atoms with Gasteiger partial charge in [-0.25, -0.2) is 15.0 Å². The third kappa shape index (κ3) is 4.23. The van der Waals surface area contributed by atoms with Gasteiger partial charge < -0.3 is 20.6 Å². The van der Waals surface area contributed by atoms with Crippen molar-refractivity contribution in [2.24, 2.45) is 5.92 Å². The van der Waals surface area contributed by atoms with Crippen LogP contribution in [0, 0.1) is 5.92 Å². The van der Waals surface area contributed by atoms with Crippen LogP contribution in [0.1, 0.15) is 37.3 Å². The molecule has 1 fully saturated rings. The molecule has 1 saturated carbocycles. The van der Waals surface area contributed by atoms with Gasteiger partial charge in [0.15, 0.2) is 17.2 Å². The number of carboxylic acids is 1. The Labute approximate surface area is 217 Å². The number of ether oxygens (including phenoxy) is 1. The standard InChI is InChI=1S/C28H26N6O4/c29-25-24-26(31-15-30-25)34(19-11-9-17(10-12-19)28(36)37)27(35)23(33-24)20-13-18-7-4-8-21(22(18)32-20)38-14-16-5-2-1-3-6-16/h1-8,13,15,17,19,32H,9-12,14H2,(H,36,37)(H2,29,30,31). The first-order valence-electron chi connectivity index (χ1n) is 12.5. The lowest BCUT2D eigenvalue weighted by Gasteiger charge is -2.28. The van der Waals surface area contributed by atoms with Crippen molar-refractivity contribution in [1.29, 1.82) is 0 Å². The number of para-hydroxylation sites is 1. The summed E-state index contributed by atoms with van der Waals surface area (Å²) in [6, 6.07) is 17.3. The second-order valence-electron chi connectivity index (χ2n) is 9.59. The molecule has 192 valence electrons. The van der Waals surface area contributed by atoms with E-state index in [1.54, 1.807) is 4.57 Å². The maximum atomic E-state index is 13.9. The summed E-state index contributed by atoms with van der Waals surface area (Å²) in [4.78, 5) is 41.8. The average molecular weight is 511 g/mol. The molecule has 1 aliphatic rings. The van der Waals surface area contributed by atoms with Gasteiger partial charge in [0.05, 0.1) is 17.1 Å². The lowest BCUT2D eigenvalue weighted by atomic mass is 9.86. The number of hydrogen-bond donors (Lipinski definition) is 3. The van der Waals surface area contributed by atoms with Crippen molar-refractivity contribution >= 4 is 33.9 Å². The number of aromatic amines is 1. The molecule has 0 amide bonds. The number of nitrogens with one attached hydrogen (secondary N) is 1. The fraction of sp³-hybridized carbons (Fsp3) is 0.250. The molecule has 6 rings (SSSR count). The van der Waals surface area contributed by atoms with Crippen LogP contribution in [0.4, 0.5) is 5.82 Å². The monoisotopic (exact) mass is 510 g/mol. The smallest absolute Gasteiger partial charge is 0.306 e. The number of H-pyrrole nitrogens is 1. The molecule has 1 aliphatic carbocycles. The van der Waals surface area contributed by atoms with Crippen molar-refractivity contribution in [2.75, 3.05) is 5.73 Å². The van der Waals surface area contributed by atoms with Crippen molar-refractivity contribution in [2.45, 2.75) is 38.3 Å². The van der Waals surface area contributed by atoms with Crippen LogP contribution in [0.15, 0.2) is 65.7 Å². The van der Waals surface area contributed by atoms with E-state index in [1.807, 2.05) is 54.6 Å². The van der Waals surface area contributed by atoms with Crippen molar-refractivity contribution in [1.82, 2.24) is 24.5 Å². The van der Waals surface area contributed by atoms with Gasteiger partial charge in [-0.05, 0) is 43.4 Å². The van der Waals surface area contributed by atoms with Crippen LogP contribution in [0.5, 0.6) is 5.75 Å². The van der Waals surface area contributed by atoms with Gasteiger partial charge in [0.25, 0.3) is 5.56 Å². The average Bonchev–Trinajstić information content (AvgIpc) is 3.37. The molecule has 0 aliphatic heterocycles. The Kier molecular flexibility index (Phi) is 5.99. The molecule has 0 radical (unpaired) electrons. The maximum Gasteiger partial charge on any atom is 0.306 e. The number of nitrogen functional groups attached to an aromatic ring is 1. The molecular formula is C28H26N6O4. The summed E-state index contributed by atoms with van der Waals surface area (Å²) in [5.74, 6) is -0.371. The number of hydrogen-bond acceptors (Lipinski definition) is 7. The Balaban J connectivity index is 1.43. The van der Waals surface area contributed by atoms with Gasteiger partial charge in [-0.15, -0.1) is 0 Å². The predicted octanol–water partition coefficient (Wildman–Crippen LogP) is 4.31. The van der Waals surface area contributed by atoms with E-state index in [0.717, 1.165) is 16.5 Å². The van der Waals surface area contributed by atoms with Crippen LogP contribution in [0.25, 0.3) is 33.5 Å². The minimum atomic E-state index is -0.800. The first-order chi connectivity index (χ1) is 18.5. The summed E-state index contributed by atoms with van der Waals surface area (Å²) in [7, 11) is 0.